The molecule has 0 radical (unpaired) electrons. The Hall–Kier alpha value is -2.70. The van der Waals surface area contributed by atoms with Gasteiger partial charge in [0.2, 0.25) is 0 Å². The maximum absolute atomic E-state index is 4.31. The van der Waals surface area contributed by atoms with Gasteiger partial charge in [0.1, 0.15) is 18.5 Å². The summed E-state index contributed by atoms with van der Waals surface area (Å²) >= 11 is 0. The fourth-order valence-corrected chi connectivity index (χ4v) is 1.71. The van der Waals surface area contributed by atoms with Crippen LogP contribution in [0.4, 0.5) is 5.69 Å². The number of hydrogen-bond donors (Lipinski definition) is 2. The number of pyridine rings is 1. The van der Waals surface area contributed by atoms with Crippen LogP contribution in [0, 0.1) is 6.92 Å². The number of rotatable bonds is 4. The zero-order chi connectivity index (χ0) is 13.1. The quantitative estimate of drug-likeness (QED) is 0.734. The lowest BCUT2D eigenvalue weighted by molar-refractivity contribution is 0.845. The zero-order valence-corrected chi connectivity index (χ0v) is 10.4. The van der Waals surface area contributed by atoms with Crippen LogP contribution >= 0.6 is 0 Å². The molecule has 0 unspecified atom stereocenters. The van der Waals surface area contributed by atoms with Gasteiger partial charge < -0.3 is 10.3 Å². The lowest BCUT2D eigenvalue weighted by Gasteiger charge is -2.05. The van der Waals surface area contributed by atoms with Crippen LogP contribution < -0.4 is 5.32 Å². The predicted molar refractivity (Wildman–Crippen MR) is 69.8 cm³/mol. The number of nitrogens with zero attached hydrogens (tertiary/aromatic N) is 5. The van der Waals surface area contributed by atoms with Gasteiger partial charge in [0.05, 0.1) is 30.3 Å². The molecule has 96 valence electrons. The number of anilines is 1. The van der Waals surface area contributed by atoms with Crippen LogP contribution in [0.1, 0.15) is 11.5 Å². The molecule has 0 aliphatic carbocycles. The number of aromatic amines is 1. The van der Waals surface area contributed by atoms with Crippen LogP contribution in [0.15, 0.2) is 37.2 Å². The molecule has 0 fully saturated rings. The second kappa shape index (κ2) is 4.89. The molecule has 0 spiro atoms. The molecular weight excluding hydrogens is 242 g/mol. The maximum Gasteiger partial charge on any atom is 0.155 e. The highest BCUT2D eigenvalue weighted by molar-refractivity contribution is 5.43. The van der Waals surface area contributed by atoms with Crippen molar-refractivity contribution in [3.8, 4) is 5.82 Å². The van der Waals surface area contributed by atoms with Crippen LogP contribution in [0.25, 0.3) is 5.82 Å². The Morgan fingerprint density at radius 3 is 2.84 bits per heavy atom. The van der Waals surface area contributed by atoms with Gasteiger partial charge in [0.15, 0.2) is 5.82 Å². The van der Waals surface area contributed by atoms with E-state index in [2.05, 4.69) is 30.4 Å². The molecule has 7 heteroatoms. The summed E-state index contributed by atoms with van der Waals surface area (Å²) < 4.78 is 1.61. The minimum absolute atomic E-state index is 0.686. The Labute approximate surface area is 109 Å². The molecule has 3 heterocycles. The summed E-state index contributed by atoms with van der Waals surface area (Å²) in [6.45, 7) is 2.61. The molecule has 3 rings (SSSR count). The average molecular weight is 255 g/mol. The van der Waals surface area contributed by atoms with Crippen LogP contribution in [0.2, 0.25) is 0 Å². The maximum atomic E-state index is 4.31. The second-order valence-electron chi connectivity index (χ2n) is 4.09. The number of imidazole rings is 1. The van der Waals surface area contributed by atoms with E-state index in [-0.39, 0.29) is 0 Å². The van der Waals surface area contributed by atoms with Crippen LogP contribution in [-0.2, 0) is 6.54 Å². The predicted octanol–water partition coefficient (Wildman–Crippen LogP) is 1.31. The van der Waals surface area contributed by atoms with Crippen molar-refractivity contribution < 1.29 is 0 Å². The Kier molecular flexibility index (Phi) is 2.93. The normalized spacial score (nSPS) is 10.6. The highest BCUT2D eigenvalue weighted by Gasteiger charge is 2.00. The number of H-pyrrole nitrogens is 1. The third-order valence-corrected chi connectivity index (χ3v) is 2.64. The van der Waals surface area contributed by atoms with Crippen LogP contribution in [0.5, 0.6) is 0 Å². The molecule has 7 nitrogen and oxygen atoms in total. The van der Waals surface area contributed by atoms with Gasteiger partial charge in [-0.15, -0.1) is 0 Å². The van der Waals surface area contributed by atoms with Crippen molar-refractivity contribution in [1.82, 2.24) is 29.7 Å². The van der Waals surface area contributed by atoms with Gasteiger partial charge in [0, 0.05) is 0 Å². The Balaban J connectivity index is 1.66. The Morgan fingerprint density at radius 1 is 1.26 bits per heavy atom. The van der Waals surface area contributed by atoms with E-state index in [0.717, 1.165) is 23.0 Å². The summed E-state index contributed by atoms with van der Waals surface area (Å²) in [5.41, 5.74) is 1.98. The monoisotopic (exact) mass is 255 g/mol. The number of aryl methyl sites for hydroxylation is 1. The summed E-state index contributed by atoms with van der Waals surface area (Å²) in [4.78, 5) is 15.5. The van der Waals surface area contributed by atoms with Crippen molar-refractivity contribution in [2.24, 2.45) is 0 Å². The van der Waals surface area contributed by atoms with Crippen LogP contribution in [-0.4, -0.2) is 29.7 Å². The molecule has 0 amide bonds. The summed E-state index contributed by atoms with van der Waals surface area (Å²) in [5, 5.41) is 7.29. The molecule has 19 heavy (non-hydrogen) atoms. The third-order valence-electron chi connectivity index (χ3n) is 2.64. The van der Waals surface area contributed by atoms with Gasteiger partial charge in [-0.3, -0.25) is 0 Å². The fraction of sp³-hybridized carbons (Fsp3) is 0.167. The third kappa shape index (κ3) is 2.59. The highest BCUT2D eigenvalue weighted by Crippen LogP contribution is 2.09. The first kappa shape index (κ1) is 11.4. The summed E-state index contributed by atoms with van der Waals surface area (Å²) in [7, 11) is 0. The van der Waals surface area contributed by atoms with Crippen molar-refractivity contribution in [3.05, 3.63) is 48.7 Å². The van der Waals surface area contributed by atoms with Gasteiger partial charge in [-0.2, -0.15) is 5.10 Å². The van der Waals surface area contributed by atoms with Gasteiger partial charge in [-0.05, 0) is 19.1 Å². The minimum atomic E-state index is 0.686. The molecule has 3 aromatic heterocycles. The first-order valence-electron chi connectivity index (χ1n) is 5.87. The molecule has 0 atom stereocenters. The molecule has 0 aromatic carbocycles. The van der Waals surface area contributed by atoms with Crippen molar-refractivity contribution in [1.29, 1.82) is 0 Å². The molecule has 0 saturated heterocycles. The lowest BCUT2D eigenvalue weighted by atomic mass is 10.4. The largest absolute Gasteiger partial charge is 0.378 e. The lowest BCUT2D eigenvalue weighted by Crippen LogP contribution is -2.02. The van der Waals surface area contributed by atoms with Crippen molar-refractivity contribution >= 4 is 5.69 Å². The number of hydrogen-bond acceptors (Lipinski definition) is 5. The molecule has 0 bridgehead atoms. The zero-order valence-electron chi connectivity index (χ0n) is 10.4. The van der Waals surface area contributed by atoms with Gasteiger partial charge in [-0.1, -0.05) is 0 Å². The number of aromatic nitrogens is 6. The van der Waals surface area contributed by atoms with Crippen molar-refractivity contribution in [2.45, 2.75) is 13.5 Å². The van der Waals surface area contributed by atoms with Gasteiger partial charge in [-0.25, -0.2) is 19.6 Å². The molecule has 0 aliphatic heterocycles. The highest BCUT2D eigenvalue weighted by atomic mass is 15.3. The number of nitrogens with one attached hydrogen (secondary N) is 2. The van der Waals surface area contributed by atoms with E-state index in [1.807, 2.05) is 25.3 Å². The topological polar surface area (TPSA) is 84.3 Å². The summed E-state index contributed by atoms with van der Waals surface area (Å²) in [6.07, 6.45) is 6.68. The SMILES string of the molecule is Cc1ncc(CNc2ccc(-n3cncn3)nc2)[nH]1. The van der Waals surface area contributed by atoms with E-state index in [1.165, 1.54) is 6.33 Å². The molecule has 2 N–H and O–H groups in total. The van der Waals surface area contributed by atoms with E-state index >= 15 is 0 Å². The van der Waals surface area contributed by atoms with E-state index in [9.17, 15) is 0 Å². The van der Waals surface area contributed by atoms with E-state index in [4.69, 9.17) is 0 Å². The van der Waals surface area contributed by atoms with Crippen LogP contribution in [0.3, 0.4) is 0 Å². The second-order valence-corrected chi connectivity index (χ2v) is 4.09. The van der Waals surface area contributed by atoms with Gasteiger partial charge in [0.25, 0.3) is 0 Å². The average Bonchev–Trinajstić information content (AvgIpc) is 3.08. The Bertz CT molecular complexity index is 639. The first-order chi connectivity index (χ1) is 9.31. The Morgan fingerprint density at radius 2 is 2.21 bits per heavy atom. The van der Waals surface area contributed by atoms with Gasteiger partial charge >= 0.3 is 0 Å². The first-order valence-corrected chi connectivity index (χ1v) is 5.87. The fourth-order valence-electron chi connectivity index (χ4n) is 1.71. The van der Waals surface area contributed by atoms with E-state index < -0.39 is 0 Å². The van der Waals surface area contributed by atoms with E-state index in [0.29, 0.717) is 6.54 Å². The molecule has 3 aromatic rings. The minimum Gasteiger partial charge on any atom is -0.378 e. The standard InChI is InChI=1S/C12H13N7/c1-9-14-5-11(18-9)6-15-10-2-3-12(16-4-10)19-8-13-7-17-19/h2-5,7-8,15H,6H2,1H3,(H,14,18). The molecular formula is C12H13N7. The van der Waals surface area contributed by atoms with Crippen molar-refractivity contribution in [2.75, 3.05) is 5.32 Å². The van der Waals surface area contributed by atoms with E-state index in [1.54, 1.807) is 17.2 Å². The van der Waals surface area contributed by atoms with Crippen molar-refractivity contribution in [3.63, 3.8) is 0 Å². The summed E-state index contributed by atoms with van der Waals surface area (Å²) in [6, 6.07) is 3.84. The molecule has 0 saturated carbocycles. The molecule has 0 aliphatic rings. The summed E-state index contributed by atoms with van der Waals surface area (Å²) in [5.74, 6) is 1.65. The smallest absolute Gasteiger partial charge is 0.155 e.